The first kappa shape index (κ1) is 22.5. The maximum atomic E-state index is 11.6. The van der Waals surface area contributed by atoms with E-state index in [0.29, 0.717) is 6.54 Å². The maximum absolute atomic E-state index is 11.6. The van der Waals surface area contributed by atoms with Crippen molar-refractivity contribution >= 4 is 36.0 Å². The summed E-state index contributed by atoms with van der Waals surface area (Å²) in [5, 5.41) is 6.14. The van der Waals surface area contributed by atoms with Crippen LogP contribution in [0.25, 0.3) is 0 Å². The maximum Gasteiger partial charge on any atom is 0.407 e. The normalized spacial score (nSPS) is 14.2. The highest BCUT2D eigenvalue weighted by Crippen LogP contribution is 2.18. The van der Waals surface area contributed by atoms with E-state index in [4.69, 9.17) is 4.74 Å². The lowest BCUT2D eigenvalue weighted by atomic mass is 10.0. The molecule has 0 aliphatic carbocycles. The molecule has 0 radical (unpaired) electrons. The van der Waals surface area contributed by atoms with Gasteiger partial charge in [-0.25, -0.2) is 4.79 Å². The summed E-state index contributed by atoms with van der Waals surface area (Å²) in [5.41, 5.74) is 2.33. The van der Waals surface area contributed by atoms with Crippen LogP contribution in [-0.2, 0) is 17.7 Å². The molecule has 0 unspecified atom stereocenters. The predicted molar refractivity (Wildman–Crippen MR) is 116 cm³/mol. The first-order valence-electron chi connectivity index (χ1n) is 8.88. The van der Waals surface area contributed by atoms with E-state index in [-0.39, 0.29) is 30.1 Å². The number of ether oxygens (including phenoxy) is 1. The number of carbonyl (C=O) groups excluding carboxylic acids is 1. The van der Waals surface area contributed by atoms with Gasteiger partial charge in [0.2, 0.25) is 0 Å². The molecule has 7 heteroatoms. The van der Waals surface area contributed by atoms with Gasteiger partial charge in [0.15, 0.2) is 5.96 Å². The molecule has 0 spiro atoms. The Morgan fingerprint density at radius 2 is 1.85 bits per heavy atom. The molecule has 6 nitrogen and oxygen atoms in total. The van der Waals surface area contributed by atoms with E-state index >= 15 is 0 Å². The molecule has 1 aromatic carbocycles. The third-order valence-electron chi connectivity index (χ3n) is 3.95. The summed E-state index contributed by atoms with van der Waals surface area (Å²) in [6, 6.07) is 8.56. The van der Waals surface area contributed by atoms with Crippen molar-refractivity contribution in [3.05, 3.63) is 35.4 Å². The van der Waals surface area contributed by atoms with E-state index in [0.717, 1.165) is 38.4 Å². The molecule has 0 fully saturated rings. The van der Waals surface area contributed by atoms with Gasteiger partial charge in [-0.05, 0) is 44.7 Å². The van der Waals surface area contributed by atoms with Crippen LogP contribution in [0.2, 0.25) is 0 Å². The molecule has 0 saturated heterocycles. The Kier molecular flexibility index (Phi) is 9.18. The van der Waals surface area contributed by atoms with Crippen LogP contribution in [0.4, 0.5) is 4.79 Å². The van der Waals surface area contributed by atoms with Gasteiger partial charge in [0.25, 0.3) is 0 Å². The molecule has 1 aliphatic rings. The molecule has 1 amide bonds. The lowest BCUT2D eigenvalue weighted by Crippen LogP contribution is -2.44. The lowest BCUT2D eigenvalue weighted by molar-refractivity contribution is 0.0527. The molecule has 0 atom stereocenters. The van der Waals surface area contributed by atoms with Crippen molar-refractivity contribution in [1.82, 2.24) is 15.5 Å². The van der Waals surface area contributed by atoms with Gasteiger partial charge in [0.05, 0.1) is 0 Å². The SMILES string of the molecule is CN=C(NCCCNC(=O)OC(C)(C)C)N1CCc2ccccc2C1.I. The monoisotopic (exact) mass is 474 g/mol. The third kappa shape index (κ3) is 7.39. The van der Waals surface area contributed by atoms with Crippen LogP contribution >= 0.6 is 24.0 Å². The highest BCUT2D eigenvalue weighted by atomic mass is 127. The zero-order valence-electron chi connectivity index (χ0n) is 16.2. The number of fused-ring (bicyclic) bond motifs is 1. The highest BCUT2D eigenvalue weighted by molar-refractivity contribution is 14.0. The molecular weight excluding hydrogens is 443 g/mol. The van der Waals surface area contributed by atoms with Gasteiger partial charge in [0.1, 0.15) is 5.60 Å². The fourth-order valence-corrected chi connectivity index (χ4v) is 2.80. The van der Waals surface area contributed by atoms with Crippen LogP contribution < -0.4 is 10.6 Å². The molecular formula is C19H31IN4O2. The van der Waals surface area contributed by atoms with Gasteiger partial charge < -0.3 is 20.3 Å². The van der Waals surface area contributed by atoms with Crippen molar-refractivity contribution in [2.24, 2.45) is 4.99 Å². The molecule has 26 heavy (non-hydrogen) atoms. The first-order valence-corrected chi connectivity index (χ1v) is 8.88. The average Bonchev–Trinajstić information content (AvgIpc) is 2.56. The van der Waals surface area contributed by atoms with E-state index in [2.05, 4.69) is 44.8 Å². The summed E-state index contributed by atoms with van der Waals surface area (Å²) in [6.45, 7) is 8.74. The summed E-state index contributed by atoms with van der Waals surface area (Å²) in [7, 11) is 1.81. The number of benzene rings is 1. The van der Waals surface area contributed by atoms with E-state index in [1.807, 2.05) is 27.8 Å². The minimum atomic E-state index is -0.463. The fourth-order valence-electron chi connectivity index (χ4n) is 2.80. The summed E-state index contributed by atoms with van der Waals surface area (Å²) in [6.07, 6.45) is 1.48. The fraction of sp³-hybridized carbons (Fsp3) is 0.579. The van der Waals surface area contributed by atoms with Crippen molar-refractivity contribution in [3.8, 4) is 0 Å². The average molecular weight is 474 g/mol. The number of guanidine groups is 1. The van der Waals surface area contributed by atoms with Gasteiger partial charge >= 0.3 is 6.09 Å². The molecule has 0 bridgehead atoms. The van der Waals surface area contributed by atoms with Gasteiger partial charge in [-0.1, -0.05) is 24.3 Å². The number of carbonyl (C=O) groups is 1. The first-order chi connectivity index (χ1) is 11.9. The van der Waals surface area contributed by atoms with E-state index in [1.54, 1.807) is 0 Å². The number of rotatable bonds is 4. The predicted octanol–water partition coefficient (Wildman–Crippen LogP) is 3.15. The Labute approximate surface area is 173 Å². The molecule has 146 valence electrons. The summed E-state index contributed by atoms with van der Waals surface area (Å²) in [4.78, 5) is 18.2. The Morgan fingerprint density at radius 3 is 2.50 bits per heavy atom. The van der Waals surface area contributed by atoms with Gasteiger partial charge in [0, 0.05) is 33.2 Å². The van der Waals surface area contributed by atoms with Crippen LogP contribution in [0, 0.1) is 0 Å². The topological polar surface area (TPSA) is 66.0 Å². The lowest BCUT2D eigenvalue weighted by Gasteiger charge is -2.31. The standard InChI is InChI=1S/C19H30N4O2.HI/c1-19(2,3)25-18(24)22-12-7-11-21-17(20-4)23-13-10-15-8-5-6-9-16(15)14-23;/h5-6,8-9H,7,10-14H2,1-4H3,(H,20,21)(H,22,24);1H. The van der Waals surface area contributed by atoms with Crippen molar-refractivity contribution in [3.63, 3.8) is 0 Å². The molecule has 0 saturated carbocycles. The summed E-state index contributed by atoms with van der Waals surface area (Å²) >= 11 is 0. The van der Waals surface area contributed by atoms with Crippen LogP contribution in [0.5, 0.6) is 0 Å². The van der Waals surface area contributed by atoms with E-state index < -0.39 is 5.60 Å². The number of nitrogens with one attached hydrogen (secondary N) is 2. The number of hydrogen-bond donors (Lipinski definition) is 2. The number of aliphatic imine (C=N–C) groups is 1. The summed E-state index contributed by atoms with van der Waals surface area (Å²) in [5.74, 6) is 0.909. The number of nitrogens with zero attached hydrogens (tertiary/aromatic N) is 2. The van der Waals surface area contributed by atoms with Gasteiger partial charge in [-0.15, -0.1) is 24.0 Å². The second-order valence-corrected chi connectivity index (χ2v) is 7.20. The van der Waals surface area contributed by atoms with Gasteiger partial charge in [-0.3, -0.25) is 4.99 Å². The number of hydrogen-bond acceptors (Lipinski definition) is 3. The molecule has 2 rings (SSSR count). The second kappa shape index (κ2) is 10.6. The van der Waals surface area contributed by atoms with Crippen LogP contribution in [0.3, 0.4) is 0 Å². The minimum absolute atomic E-state index is 0. The van der Waals surface area contributed by atoms with Crippen LogP contribution in [-0.4, -0.2) is 49.2 Å². The largest absolute Gasteiger partial charge is 0.444 e. The molecule has 1 aliphatic heterocycles. The van der Waals surface area contributed by atoms with Crippen LogP contribution in [0.15, 0.2) is 29.3 Å². The van der Waals surface area contributed by atoms with Crippen molar-refractivity contribution in [1.29, 1.82) is 0 Å². The zero-order chi connectivity index (χ0) is 18.3. The number of alkyl carbamates (subject to hydrolysis) is 1. The molecule has 1 heterocycles. The van der Waals surface area contributed by atoms with E-state index in [9.17, 15) is 4.79 Å². The Balaban J connectivity index is 0.00000338. The van der Waals surface area contributed by atoms with Gasteiger partial charge in [-0.2, -0.15) is 0 Å². The van der Waals surface area contributed by atoms with Crippen LogP contribution in [0.1, 0.15) is 38.3 Å². The molecule has 1 aromatic rings. The number of amides is 1. The summed E-state index contributed by atoms with van der Waals surface area (Å²) < 4.78 is 5.21. The van der Waals surface area contributed by atoms with Crippen molar-refractivity contribution < 1.29 is 9.53 Å². The zero-order valence-corrected chi connectivity index (χ0v) is 18.5. The molecule has 0 aromatic heterocycles. The highest BCUT2D eigenvalue weighted by Gasteiger charge is 2.18. The smallest absolute Gasteiger partial charge is 0.407 e. The second-order valence-electron chi connectivity index (χ2n) is 7.20. The Bertz CT molecular complexity index is 614. The molecule has 2 N–H and O–H groups in total. The van der Waals surface area contributed by atoms with Crippen molar-refractivity contribution in [2.75, 3.05) is 26.7 Å². The van der Waals surface area contributed by atoms with E-state index in [1.165, 1.54) is 11.1 Å². The van der Waals surface area contributed by atoms with Crippen molar-refractivity contribution in [2.45, 2.75) is 45.8 Å². The Hall–Kier alpha value is -1.51. The quantitative estimate of drug-likeness (QED) is 0.305. The number of halogens is 1. The minimum Gasteiger partial charge on any atom is -0.444 e. The Morgan fingerprint density at radius 1 is 1.19 bits per heavy atom. The third-order valence-corrected chi connectivity index (χ3v) is 3.95.